The number of hydrogen-bond acceptors (Lipinski definition) is 4. The highest BCUT2D eigenvalue weighted by Gasteiger charge is 2.36. The number of hydrogen-bond donors (Lipinski definition) is 1. The third-order valence-corrected chi connectivity index (χ3v) is 7.78. The monoisotopic (exact) mass is 611 g/mol. The highest BCUT2D eigenvalue weighted by atomic mass is 79.9. The van der Waals surface area contributed by atoms with Crippen LogP contribution < -0.4 is 10.3 Å². The molecule has 0 fully saturated rings. The largest absolute Gasteiger partial charge is 0.497 e. The van der Waals surface area contributed by atoms with Crippen molar-refractivity contribution in [3.8, 4) is 16.9 Å². The number of nitrogens with zero attached hydrogens (tertiary/aromatic N) is 2. The van der Waals surface area contributed by atoms with Crippen molar-refractivity contribution >= 4 is 50.1 Å². The zero-order valence-corrected chi connectivity index (χ0v) is 23.7. The lowest BCUT2D eigenvalue weighted by Gasteiger charge is -2.22. The Morgan fingerprint density at radius 2 is 1.70 bits per heavy atom. The number of fused-ring (bicyclic) bond motifs is 1. The molecule has 1 aliphatic rings. The molecule has 2 heterocycles. The molecule has 0 aliphatic carbocycles. The number of H-pyrrole nitrogens is 1. The molecule has 1 aromatic heterocycles. The van der Waals surface area contributed by atoms with Crippen molar-refractivity contribution in [1.29, 1.82) is 0 Å². The van der Waals surface area contributed by atoms with Crippen molar-refractivity contribution in [1.82, 2.24) is 9.99 Å². The minimum Gasteiger partial charge on any atom is -0.497 e. The first kappa shape index (κ1) is 26.0. The SMILES string of the molecule is COc1ccc([C@H]2CC(c3c(-c4ccccc4)c4cc(Br)ccc4[nH]c3=O)=NN2C(=O)c2ccc(Cl)cc2)cc1. The molecule has 4 aromatic carbocycles. The summed E-state index contributed by atoms with van der Waals surface area (Å²) in [5.41, 5.74) is 4.42. The number of carbonyl (C=O) groups excluding carboxylic acids is 1. The van der Waals surface area contributed by atoms with Gasteiger partial charge in [0.25, 0.3) is 11.5 Å². The second-order valence-electron chi connectivity index (χ2n) is 9.46. The molecule has 198 valence electrons. The first-order valence-corrected chi connectivity index (χ1v) is 13.8. The summed E-state index contributed by atoms with van der Waals surface area (Å²) in [5, 5.41) is 7.72. The average molecular weight is 613 g/mol. The molecule has 1 N–H and O–H groups in total. The molecule has 1 aliphatic heterocycles. The Kier molecular flexibility index (Phi) is 7.00. The number of aromatic nitrogens is 1. The van der Waals surface area contributed by atoms with Gasteiger partial charge in [-0.2, -0.15) is 5.10 Å². The first-order chi connectivity index (χ1) is 19.4. The standard InChI is InChI=1S/C32H23BrClN3O3/c1-40-24-14-9-19(10-15-24)28-18-27(36-37(28)32(39)21-7-12-23(34)13-8-21)30-29(20-5-3-2-4-6-20)25-17-22(33)11-16-26(25)35-31(30)38/h2-17,28H,18H2,1H3,(H,35,38)/t28-/m1/s1. The van der Waals surface area contributed by atoms with Gasteiger partial charge in [-0.15, -0.1) is 0 Å². The number of rotatable bonds is 5. The lowest BCUT2D eigenvalue weighted by atomic mass is 9.91. The number of nitrogens with one attached hydrogen (secondary N) is 1. The molecule has 6 nitrogen and oxygen atoms in total. The third kappa shape index (κ3) is 4.83. The Balaban J connectivity index is 1.55. The number of halogens is 2. The maximum atomic E-state index is 13.8. The van der Waals surface area contributed by atoms with Gasteiger partial charge in [0.1, 0.15) is 5.75 Å². The van der Waals surface area contributed by atoms with Crippen molar-refractivity contribution < 1.29 is 9.53 Å². The molecule has 0 radical (unpaired) electrons. The van der Waals surface area contributed by atoms with Crippen LogP contribution >= 0.6 is 27.5 Å². The van der Waals surface area contributed by atoms with Gasteiger partial charge in [0.2, 0.25) is 0 Å². The van der Waals surface area contributed by atoms with Gasteiger partial charge in [-0.3, -0.25) is 9.59 Å². The minimum atomic E-state index is -0.426. The number of methoxy groups -OCH3 is 1. The average Bonchev–Trinajstić information content (AvgIpc) is 3.42. The number of carbonyl (C=O) groups is 1. The van der Waals surface area contributed by atoms with Crippen LogP contribution in [0.25, 0.3) is 22.0 Å². The summed E-state index contributed by atoms with van der Waals surface area (Å²) in [4.78, 5) is 30.6. The van der Waals surface area contributed by atoms with Gasteiger partial charge < -0.3 is 9.72 Å². The van der Waals surface area contributed by atoms with Crippen LogP contribution in [0.2, 0.25) is 5.02 Å². The molecule has 5 aromatic rings. The van der Waals surface area contributed by atoms with E-state index < -0.39 is 6.04 Å². The van der Waals surface area contributed by atoms with Crippen LogP contribution in [0.4, 0.5) is 0 Å². The molecule has 0 unspecified atom stereocenters. The summed E-state index contributed by atoms with van der Waals surface area (Å²) in [6.07, 6.45) is 0.355. The van der Waals surface area contributed by atoms with E-state index in [1.54, 1.807) is 31.4 Å². The predicted octanol–water partition coefficient (Wildman–Crippen LogP) is 7.61. The van der Waals surface area contributed by atoms with Crippen LogP contribution in [0.5, 0.6) is 5.75 Å². The topological polar surface area (TPSA) is 74.8 Å². The van der Waals surface area contributed by atoms with Gasteiger partial charge in [-0.05, 0) is 65.7 Å². The minimum absolute atomic E-state index is 0.262. The zero-order valence-electron chi connectivity index (χ0n) is 21.4. The molecule has 8 heteroatoms. The second kappa shape index (κ2) is 10.8. The Labute approximate surface area is 244 Å². The molecule has 1 atom stereocenters. The molecule has 0 spiro atoms. The maximum absolute atomic E-state index is 13.8. The molecule has 6 rings (SSSR count). The highest BCUT2D eigenvalue weighted by molar-refractivity contribution is 9.10. The van der Waals surface area contributed by atoms with Gasteiger partial charge in [-0.1, -0.05) is 70.0 Å². The van der Waals surface area contributed by atoms with E-state index in [2.05, 4.69) is 20.9 Å². The molecule has 40 heavy (non-hydrogen) atoms. The smallest absolute Gasteiger partial charge is 0.274 e. The van der Waals surface area contributed by atoms with Crippen molar-refractivity contribution in [3.05, 3.63) is 134 Å². The van der Waals surface area contributed by atoms with Crippen LogP contribution in [-0.2, 0) is 0 Å². The van der Waals surface area contributed by atoms with E-state index in [1.165, 1.54) is 5.01 Å². The van der Waals surface area contributed by atoms with Crippen LogP contribution in [-0.4, -0.2) is 28.7 Å². The fourth-order valence-electron chi connectivity index (χ4n) is 5.10. The fourth-order valence-corrected chi connectivity index (χ4v) is 5.59. The van der Waals surface area contributed by atoms with Crippen molar-refractivity contribution in [2.75, 3.05) is 7.11 Å². The van der Waals surface area contributed by atoms with E-state index in [0.29, 0.717) is 34.0 Å². The van der Waals surface area contributed by atoms with Crippen LogP contribution in [0.1, 0.15) is 33.9 Å². The summed E-state index contributed by atoms with van der Waals surface area (Å²) < 4.78 is 6.23. The Morgan fingerprint density at radius 3 is 2.40 bits per heavy atom. The number of hydrazone groups is 1. The molecular weight excluding hydrogens is 590 g/mol. The molecule has 0 saturated heterocycles. The number of pyridine rings is 1. The van der Waals surface area contributed by atoms with Gasteiger partial charge in [-0.25, -0.2) is 5.01 Å². The lowest BCUT2D eigenvalue weighted by molar-refractivity contribution is 0.0711. The quantitative estimate of drug-likeness (QED) is 0.222. The van der Waals surface area contributed by atoms with Gasteiger partial charge in [0.15, 0.2) is 0 Å². The number of ether oxygens (including phenoxy) is 1. The van der Waals surface area contributed by atoms with E-state index in [0.717, 1.165) is 32.1 Å². The van der Waals surface area contributed by atoms with E-state index in [9.17, 15) is 9.59 Å². The Bertz CT molecular complexity index is 1820. The number of benzene rings is 4. The lowest BCUT2D eigenvalue weighted by Crippen LogP contribution is -2.27. The van der Waals surface area contributed by atoms with Gasteiger partial charge in [0.05, 0.1) is 24.4 Å². The van der Waals surface area contributed by atoms with E-state index >= 15 is 0 Å². The predicted molar refractivity (Wildman–Crippen MR) is 162 cm³/mol. The summed E-state index contributed by atoms with van der Waals surface area (Å²) in [5.74, 6) is 0.426. The number of aromatic amines is 1. The number of amides is 1. The third-order valence-electron chi connectivity index (χ3n) is 7.04. The molecule has 0 saturated carbocycles. The summed E-state index contributed by atoms with van der Waals surface area (Å²) in [6.45, 7) is 0. The van der Waals surface area contributed by atoms with Crippen LogP contribution in [0.15, 0.2) is 111 Å². The van der Waals surface area contributed by atoms with Gasteiger partial charge >= 0.3 is 0 Å². The molecule has 0 bridgehead atoms. The van der Waals surface area contributed by atoms with Gasteiger partial charge in [0, 0.05) is 37.9 Å². The van der Waals surface area contributed by atoms with Crippen molar-refractivity contribution in [2.24, 2.45) is 5.10 Å². The first-order valence-electron chi connectivity index (χ1n) is 12.6. The Hall–Kier alpha value is -4.20. The second-order valence-corrected chi connectivity index (χ2v) is 10.8. The van der Waals surface area contributed by atoms with Crippen LogP contribution in [0.3, 0.4) is 0 Å². The van der Waals surface area contributed by atoms with Crippen molar-refractivity contribution in [2.45, 2.75) is 12.5 Å². The summed E-state index contributed by atoms with van der Waals surface area (Å²) in [7, 11) is 1.61. The van der Waals surface area contributed by atoms with E-state index in [1.807, 2.05) is 72.8 Å². The summed E-state index contributed by atoms with van der Waals surface area (Å²) >= 11 is 9.66. The van der Waals surface area contributed by atoms with Crippen LogP contribution in [0, 0.1) is 0 Å². The molecule has 1 amide bonds. The fraction of sp³-hybridized carbons (Fsp3) is 0.0938. The summed E-state index contributed by atoms with van der Waals surface area (Å²) in [6, 6.07) is 29.4. The zero-order chi connectivity index (χ0) is 27.8. The van der Waals surface area contributed by atoms with E-state index in [4.69, 9.17) is 21.4 Å². The molecular formula is C32H23BrClN3O3. The maximum Gasteiger partial charge on any atom is 0.274 e. The highest BCUT2D eigenvalue weighted by Crippen LogP contribution is 2.38. The van der Waals surface area contributed by atoms with Crippen molar-refractivity contribution in [3.63, 3.8) is 0 Å². The normalized spacial score (nSPS) is 14.8. The Morgan fingerprint density at radius 1 is 0.975 bits per heavy atom. The van der Waals surface area contributed by atoms with E-state index in [-0.39, 0.29) is 11.5 Å².